The zero-order chi connectivity index (χ0) is 21.3. The van der Waals surface area contributed by atoms with E-state index in [1.54, 1.807) is 30.3 Å². The van der Waals surface area contributed by atoms with Gasteiger partial charge < -0.3 is 9.47 Å². The zero-order valence-corrected chi connectivity index (χ0v) is 16.0. The van der Waals surface area contributed by atoms with Crippen molar-refractivity contribution in [3.63, 3.8) is 0 Å². The second-order valence-electron chi connectivity index (χ2n) is 6.15. The van der Waals surface area contributed by atoms with Gasteiger partial charge >= 0.3 is 0 Å². The van der Waals surface area contributed by atoms with Crippen molar-refractivity contribution in [3.05, 3.63) is 73.1 Å². The van der Waals surface area contributed by atoms with Crippen LogP contribution in [0.25, 0.3) is 17.3 Å². The van der Waals surface area contributed by atoms with Crippen molar-refractivity contribution in [1.29, 1.82) is 10.5 Å². The number of hydrogen-bond acceptors (Lipinski definition) is 6. The van der Waals surface area contributed by atoms with E-state index in [9.17, 15) is 24.1 Å². The standard InChI is InChI=1S/C21H11F2N3O3S/c22-14-2-1-12(16(23)8-14)7-19-20(27)26(21(30-19)13(10-24)11-25)15-3-4-17-18(9-15)29-6-5-28-17/h1-4,7-9H,5-6H2. The number of fused-ring (bicyclic) bond motifs is 1. The second kappa shape index (κ2) is 7.82. The third-order valence-electron chi connectivity index (χ3n) is 4.29. The number of nitriles is 2. The average Bonchev–Trinajstić information content (AvgIpc) is 3.06. The highest BCUT2D eigenvalue weighted by Gasteiger charge is 2.16. The fourth-order valence-corrected chi connectivity index (χ4v) is 3.98. The lowest BCUT2D eigenvalue weighted by Crippen LogP contribution is -2.30. The van der Waals surface area contributed by atoms with Crippen LogP contribution in [0.5, 0.6) is 11.5 Å². The van der Waals surface area contributed by atoms with Crippen LogP contribution in [0.2, 0.25) is 0 Å². The Morgan fingerprint density at radius 3 is 2.50 bits per heavy atom. The van der Waals surface area contributed by atoms with Gasteiger partial charge in [0.05, 0.1) is 10.2 Å². The molecular formula is C21H11F2N3O3S. The number of thiazole rings is 1. The lowest BCUT2D eigenvalue weighted by atomic mass is 10.2. The molecule has 0 saturated carbocycles. The third-order valence-corrected chi connectivity index (χ3v) is 5.39. The van der Waals surface area contributed by atoms with Crippen LogP contribution in [-0.4, -0.2) is 17.8 Å². The van der Waals surface area contributed by atoms with Crippen LogP contribution in [0.4, 0.5) is 8.78 Å². The molecule has 1 aliphatic heterocycles. The summed E-state index contributed by atoms with van der Waals surface area (Å²) in [7, 11) is 0. The topological polar surface area (TPSA) is 88.0 Å². The second-order valence-corrected chi connectivity index (χ2v) is 7.18. The minimum absolute atomic E-state index is 0.00564. The number of aromatic nitrogens is 1. The Morgan fingerprint density at radius 1 is 1.07 bits per heavy atom. The summed E-state index contributed by atoms with van der Waals surface area (Å²) in [6.45, 7) is 0.748. The fourth-order valence-electron chi connectivity index (χ4n) is 2.94. The number of hydrogen-bond donors (Lipinski definition) is 0. The SMILES string of the molecule is N#CC(C#N)=c1sc(=Cc2ccc(F)cc2F)c(=O)n1-c1ccc2c(c1)OCCO2. The molecule has 0 atom stereocenters. The molecule has 0 N–H and O–H groups in total. The molecule has 0 fully saturated rings. The monoisotopic (exact) mass is 423 g/mol. The van der Waals surface area contributed by atoms with E-state index >= 15 is 0 Å². The molecule has 0 saturated heterocycles. The van der Waals surface area contributed by atoms with Crippen LogP contribution in [0.1, 0.15) is 5.56 Å². The highest BCUT2D eigenvalue weighted by Crippen LogP contribution is 2.31. The largest absolute Gasteiger partial charge is 0.486 e. The summed E-state index contributed by atoms with van der Waals surface area (Å²) in [5.74, 6) is -0.636. The summed E-state index contributed by atoms with van der Waals surface area (Å²) in [4.78, 5) is 13.1. The predicted octanol–water partition coefficient (Wildman–Crippen LogP) is 1.98. The fraction of sp³-hybridized carbons (Fsp3) is 0.0952. The molecular weight excluding hydrogens is 412 g/mol. The normalized spacial score (nSPS) is 12.9. The van der Waals surface area contributed by atoms with E-state index in [2.05, 4.69) is 0 Å². The molecule has 30 heavy (non-hydrogen) atoms. The molecule has 0 amide bonds. The van der Waals surface area contributed by atoms with Gasteiger partial charge in [-0.25, -0.2) is 8.78 Å². The molecule has 1 aromatic heterocycles. The van der Waals surface area contributed by atoms with Gasteiger partial charge in [0.15, 0.2) is 17.1 Å². The Morgan fingerprint density at radius 2 is 1.80 bits per heavy atom. The Labute approximate surface area is 172 Å². The maximum absolute atomic E-state index is 14.1. The van der Waals surface area contributed by atoms with Crippen LogP contribution < -0.4 is 24.2 Å². The highest BCUT2D eigenvalue weighted by molar-refractivity contribution is 7.07. The molecule has 2 aromatic carbocycles. The lowest BCUT2D eigenvalue weighted by molar-refractivity contribution is 0.171. The van der Waals surface area contributed by atoms with Gasteiger partial charge in [0.2, 0.25) is 0 Å². The summed E-state index contributed by atoms with van der Waals surface area (Å²) >= 11 is 0.864. The van der Waals surface area contributed by atoms with E-state index in [-0.39, 0.29) is 20.3 Å². The van der Waals surface area contributed by atoms with Crippen LogP contribution in [-0.2, 0) is 0 Å². The Hall–Kier alpha value is -3.95. The van der Waals surface area contributed by atoms with Crippen molar-refractivity contribution in [2.75, 3.05) is 13.2 Å². The molecule has 4 rings (SSSR count). The summed E-state index contributed by atoms with van der Waals surface area (Å²) in [6.07, 6.45) is 1.26. The zero-order valence-electron chi connectivity index (χ0n) is 15.2. The summed E-state index contributed by atoms with van der Waals surface area (Å²) in [6, 6.07) is 11.3. The molecule has 3 aromatic rings. The Kier molecular flexibility index (Phi) is 5.05. The molecule has 0 aliphatic carbocycles. The Balaban J connectivity index is 2.01. The van der Waals surface area contributed by atoms with Gasteiger partial charge in [-0.15, -0.1) is 11.3 Å². The summed E-state index contributed by atoms with van der Waals surface area (Å²) in [5, 5.41) is 18.7. The summed E-state index contributed by atoms with van der Waals surface area (Å²) in [5.41, 5.74) is -0.464. The first-order valence-electron chi connectivity index (χ1n) is 8.65. The van der Waals surface area contributed by atoms with Crippen molar-refractivity contribution in [3.8, 4) is 29.3 Å². The van der Waals surface area contributed by atoms with Crippen molar-refractivity contribution in [1.82, 2.24) is 4.57 Å². The third kappa shape index (κ3) is 3.43. The van der Waals surface area contributed by atoms with Crippen molar-refractivity contribution in [2.24, 2.45) is 0 Å². The summed E-state index contributed by atoms with van der Waals surface area (Å²) < 4.78 is 39.6. The molecule has 148 valence electrons. The molecule has 9 heteroatoms. The van der Waals surface area contributed by atoms with Gasteiger partial charge in [-0.1, -0.05) is 0 Å². The average molecular weight is 423 g/mol. The van der Waals surface area contributed by atoms with E-state index < -0.39 is 17.2 Å². The molecule has 0 radical (unpaired) electrons. The number of benzene rings is 2. The molecule has 0 unspecified atom stereocenters. The molecule has 1 aliphatic rings. The first-order valence-corrected chi connectivity index (χ1v) is 9.46. The number of ether oxygens (including phenoxy) is 2. The minimum atomic E-state index is -0.833. The number of rotatable bonds is 2. The van der Waals surface area contributed by atoms with E-state index in [1.807, 2.05) is 0 Å². The van der Waals surface area contributed by atoms with Gasteiger partial charge in [-0.2, -0.15) is 10.5 Å². The van der Waals surface area contributed by atoms with Gasteiger partial charge in [0.1, 0.15) is 41.6 Å². The van der Waals surface area contributed by atoms with E-state index in [4.69, 9.17) is 9.47 Å². The van der Waals surface area contributed by atoms with Gasteiger partial charge in [0.25, 0.3) is 5.56 Å². The highest BCUT2D eigenvalue weighted by atomic mass is 32.1. The minimum Gasteiger partial charge on any atom is -0.486 e. The smallest absolute Gasteiger partial charge is 0.273 e. The van der Waals surface area contributed by atoms with Crippen LogP contribution in [0, 0.1) is 34.3 Å². The maximum Gasteiger partial charge on any atom is 0.273 e. The van der Waals surface area contributed by atoms with E-state index in [0.717, 1.165) is 17.4 Å². The number of halogens is 2. The molecule has 0 spiro atoms. The molecule has 6 nitrogen and oxygen atoms in total. The van der Waals surface area contributed by atoms with Gasteiger partial charge in [-0.05, 0) is 30.3 Å². The van der Waals surface area contributed by atoms with Gasteiger partial charge in [0, 0.05) is 17.7 Å². The van der Waals surface area contributed by atoms with Gasteiger partial charge in [-0.3, -0.25) is 9.36 Å². The van der Waals surface area contributed by atoms with Crippen molar-refractivity contribution < 1.29 is 18.3 Å². The van der Waals surface area contributed by atoms with Crippen molar-refractivity contribution >= 4 is 23.0 Å². The van der Waals surface area contributed by atoms with Crippen LogP contribution >= 0.6 is 11.3 Å². The van der Waals surface area contributed by atoms with Crippen LogP contribution in [0.3, 0.4) is 0 Å². The lowest BCUT2D eigenvalue weighted by Gasteiger charge is -2.18. The first kappa shape index (κ1) is 19.4. The maximum atomic E-state index is 14.1. The number of nitrogens with zero attached hydrogens (tertiary/aromatic N) is 3. The van der Waals surface area contributed by atoms with E-state index in [1.165, 1.54) is 16.7 Å². The van der Waals surface area contributed by atoms with Crippen molar-refractivity contribution in [2.45, 2.75) is 0 Å². The quantitative estimate of drug-likeness (QED) is 0.629. The predicted molar refractivity (Wildman–Crippen MR) is 105 cm³/mol. The Bertz CT molecular complexity index is 1410. The first-order chi connectivity index (χ1) is 14.5. The molecule has 0 bridgehead atoms. The molecule has 2 heterocycles. The van der Waals surface area contributed by atoms with Crippen LogP contribution in [0.15, 0.2) is 41.2 Å². The van der Waals surface area contributed by atoms with E-state index in [0.29, 0.717) is 36.5 Å².